The Kier molecular flexibility index (Phi) is 5.29. The Morgan fingerprint density at radius 3 is 2.90 bits per heavy atom. The second kappa shape index (κ2) is 6.97. The first-order valence-electron chi connectivity index (χ1n) is 7.50. The van der Waals surface area contributed by atoms with Crippen LogP contribution in [-0.2, 0) is 0 Å². The normalized spacial score (nSPS) is 19.7. The first-order valence-corrected chi connectivity index (χ1v) is 7.91. The van der Waals surface area contributed by atoms with Crippen LogP contribution in [0, 0.1) is 12.8 Å². The summed E-state index contributed by atoms with van der Waals surface area (Å²) < 4.78 is 0. The summed E-state index contributed by atoms with van der Waals surface area (Å²) in [6.45, 7) is 6.29. The van der Waals surface area contributed by atoms with Crippen LogP contribution < -0.4 is 10.6 Å². The highest BCUT2D eigenvalue weighted by Gasteiger charge is 2.19. The molecule has 1 aliphatic heterocycles. The molecule has 5 heteroatoms. The van der Waals surface area contributed by atoms with Gasteiger partial charge in [0.05, 0.1) is 0 Å². The van der Waals surface area contributed by atoms with E-state index in [-0.39, 0.29) is 0 Å². The van der Waals surface area contributed by atoms with Crippen molar-refractivity contribution < 1.29 is 0 Å². The molecule has 0 saturated carbocycles. The van der Waals surface area contributed by atoms with E-state index in [1.165, 1.54) is 32.1 Å². The molecule has 0 bridgehead atoms. The lowest BCUT2D eigenvalue weighted by Gasteiger charge is -2.21. The summed E-state index contributed by atoms with van der Waals surface area (Å²) >= 11 is 5.03. The number of hydrogen-bond donors (Lipinski definition) is 1. The van der Waals surface area contributed by atoms with E-state index < -0.39 is 0 Å². The van der Waals surface area contributed by atoms with Crippen LogP contribution in [0.5, 0.6) is 0 Å². The minimum absolute atomic E-state index is 0.343. The molecule has 2 rings (SSSR count). The summed E-state index contributed by atoms with van der Waals surface area (Å²) in [5.74, 6) is 1.63. The van der Waals surface area contributed by atoms with Gasteiger partial charge in [-0.15, -0.1) is 0 Å². The molecule has 1 aromatic rings. The van der Waals surface area contributed by atoms with Crippen LogP contribution in [0.15, 0.2) is 6.07 Å². The molecule has 20 heavy (non-hydrogen) atoms. The van der Waals surface area contributed by atoms with Gasteiger partial charge in [0.25, 0.3) is 0 Å². The number of hydrogen-bond acceptors (Lipinski definition) is 4. The van der Waals surface area contributed by atoms with Gasteiger partial charge in [-0.3, -0.25) is 0 Å². The standard InChI is InChI=1S/C15H24N4S/c1-3-5-12-6-4-8-19(9-7-12)15-17-11(2)10-13(18-15)14(16)20/h10,12H,3-9H2,1-2H3,(H2,16,20). The van der Waals surface area contributed by atoms with Gasteiger partial charge < -0.3 is 10.6 Å². The number of anilines is 1. The van der Waals surface area contributed by atoms with E-state index in [9.17, 15) is 0 Å². The second-order valence-corrected chi connectivity index (χ2v) is 6.07. The highest BCUT2D eigenvalue weighted by Crippen LogP contribution is 2.24. The van der Waals surface area contributed by atoms with E-state index in [1.807, 2.05) is 13.0 Å². The maximum atomic E-state index is 5.70. The van der Waals surface area contributed by atoms with Crippen molar-refractivity contribution in [3.63, 3.8) is 0 Å². The molecule has 0 spiro atoms. The molecule has 2 N–H and O–H groups in total. The maximum absolute atomic E-state index is 5.70. The van der Waals surface area contributed by atoms with Crippen LogP contribution in [0.2, 0.25) is 0 Å². The monoisotopic (exact) mass is 292 g/mol. The highest BCUT2D eigenvalue weighted by atomic mass is 32.1. The summed E-state index contributed by atoms with van der Waals surface area (Å²) in [4.78, 5) is 11.7. The summed E-state index contributed by atoms with van der Waals surface area (Å²) in [7, 11) is 0. The Morgan fingerprint density at radius 2 is 2.20 bits per heavy atom. The fraction of sp³-hybridized carbons (Fsp3) is 0.667. The number of rotatable bonds is 4. The van der Waals surface area contributed by atoms with E-state index in [1.54, 1.807) is 0 Å². The third-order valence-electron chi connectivity index (χ3n) is 3.92. The Balaban J connectivity index is 2.13. The van der Waals surface area contributed by atoms with Crippen LogP contribution in [-0.4, -0.2) is 28.0 Å². The highest BCUT2D eigenvalue weighted by molar-refractivity contribution is 7.80. The van der Waals surface area contributed by atoms with E-state index in [2.05, 4.69) is 21.8 Å². The zero-order valence-electron chi connectivity index (χ0n) is 12.4. The average molecular weight is 292 g/mol. The smallest absolute Gasteiger partial charge is 0.226 e. The van der Waals surface area contributed by atoms with Crippen LogP contribution in [0.3, 0.4) is 0 Å². The number of aromatic nitrogens is 2. The molecule has 0 aromatic carbocycles. The molecule has 4 nitrogen and oxygen atoms in total. The lowest BCUT2D eigenvalue weighted by Crippen LogP contribution is -2.27. The van der Waals surface area contributed by atoms with Crippen molar-refractivity contribution >= 4 is 23.2 Å². The summed E-state index contributed by atoms with van der Waals surface area (Å²) in [5.41, 5.74) is 7.30. The minimum atomic E-state index is 0.343. The van der Waals surface area contributed by atoms with Gasteiger partial charge in [0.1, 0.15) is 10.7 Å². The first kappa shape index (κ1) is 15.2. The van der Waals surface area contributed by atoms with Crippen LogP contribution in [0.25, 0.3) is 0 Å². The topological polar surface area (TPSA) is 55.0 Å². The second-order valence-electron chi connectivity index (χ2n) is 5.63. The molecule has 0 amide bonds. The van der Waals surface area contributed by atoms with Crippen molar-refractivity contribution in [1.29, 1.82) is 0 Å². The van der Waals surface area contributed by atoms with Crippen molar-refractivity contribution in [2.45, 2.75) is 46.0 Å². The predicted octanol–water partition coefficient (Wildman–Crippen LogP) is 2.83. The Hall–Kier alpha value is -1.23. The SMILES string of the molecule is CCCC1CCCN(c2nc(C)cc(C(N)=S)n2)CC1. The van der Waals surface area contributed by atoms with Crippen molar-refractivity contribution in [1.82, 2.24) is 9.97 Å². The third-order valence-corrected chi connectivity index (χ3v) is 4.13. The van der Waals surface area contributed by atoms with Gasteiger partial charge in [-0.2, -0.15) is 0 Å². The number of nitrogens with two attached hydrogens (primary N) is 1. The van der Waals surface area contributed by atoms with Gasteiger partial charge >= 0.3 is 0 Å². The molecular formula is C15H24N4S. The first-order chi connectivity index (χ1) is 9.60. The summed E-state index contributed by atoms with van der Waals surface area (Å²) in [6.07, 6.45) is 6.37. The molecule has 110 valence electrons. The Morgan fingerprint density at radius 1 is 1.40 bits per heavy atom. The summed E-state index contributed by atoms with van der Waals surface area (Å²) in [5, 5.41) is 0. The van der Waals surface area contributed by atoms with Crippen molar-refractivity contribution in [3.05, 3.63) is 17.5 Å². The molecule has 1 aromatic heterocycles. The number of aryl methyl sites for hydroxylation is 1. The van der Waals surface area contributed by atoms with Crippen LogP contribution >= 0.6 is 12.2 Å². The van der Waals surface area contributed by atoms with Gasteiger partial charge in [0, 0.05) is 18.8 Å². The minimum Gasteiger partial charge on any atom is -0.388 e. The van der Waals surface area contributed by atoms with E-state index in [0.717, 1.165) is 30.6 Å². The fourth-order valence-corrected chi connectivity index (χ4v) is 2.99. The van der Waals surface area contributed by atoms with Crippen LogP contribution in [0.4, 0.5) is 5.95 Å². The largest absolute Gasteiger partial charge is 0.388 e. The Labute approximate surface area is 126 Å². The lowest BCUT2D eigenvalue weighted by molar-refractivity contribution is 0.435. The maximum Gasteiger partial charge on any atom is 0.226 e. The Bertz CT molecular complexity index is 475. The summed E-state index contributed by atoms with van der Waals surface area (Å²) in [6, 6.07) is 1.85. The molecule has 1 atom stereocenters. The van der Waals surface area contributed by atoms with E-state index >= 15 is 0 Å². The molecule has 1 aliphatic rings. The lowest BCUT2D eigenvalue weighted by atomic mass is 9.96. The third kappa shape index (κ3) is 3.88. The van der Waals surface area contributed by atoms with Gasteiger partial charge in [-0.05, 0) is 38.2 Å². The van der Waals surface area contributed by atoms with Gasteiger partial charge in [0.15, 0.2) is 0 Å². The van der Waals surface area contributed by atoms with Gasteiger partial charge in [-0.25, -0.2) is 9.97 Å². The molecule has 2 heterocycles. The van der Waals surface area contributed by atoms with Crippen molar-refractivity contribution in [2.24, 2.45) is 11.7 Å². The van der Waals surface area contributed by atoms with Crippen molar-refractivity contribution in [3.8, 4) is 0 Å². The van der Waals surface area contributed by atoms with Crippen molar-refractivity contribution in [2.75, 3.05) is 18.0 Å². The zero-order valence-corrected chi connectivity index (χ0v) is 13.2. The number of nitrogens with zero attached hydrogens (tertiary/aromatic N) is 3. The molecule has 1 unspecified atom stereocenters. The zero-order chi connectivity index (χ0) is 14.5. The number of thiocarbonyl (C=S) groups is 1. The molecule has 0 aliphatic carbocycles. The average Bonchev–Trinajstić information content (AvgIpc) is 2.64. The molecule has 1 saturated heterocycles. The molecule has 1 fully saturated rings. The van der Waals surface area contributed by atoms with Crippen LogP contribution in [0.1, 0.15) is 50.4 Å². The predicted molar refractivity (Wildman–Crippen MR) is 87.1 cm³/mol. The molecular weight excluding hydrogens is 268 g/mol. The quantitative estimate of drug-likeness (QED) is 0.865. The fourth-order valence-electron chi connectivity index (χ4n) is 2.88. The van der Waals surface area contributed by atoms with Gasteiger partial charge in [-0.1, -0.05) is 32.0 Å². The van der Waals surface area contributed by atoms with E-state index in [0.29, 0.717) is 10.7 Å². The van der Waals surface area contributed by atoms with Gasteiger partial charge in [0.2, 0.25) is 5.95 Å². The molecule has 0 radical (unpaired) electrons. The van der Waals surface area contributed by atoms with E-state index in [4.69, 9.17) is 18.0 Å².